The molecule has 1 N–H and O–H groups in total. The Balaban J connectivity index is 1.75. The molecule has 0 aliphatic carbocycles. The lowest BCUT2D eigenvalue weighted by molar-refractivity contribution is 0.126. The van der Waals surface area contributed by atoms with E-state index in [1.165, 1.54) is 9.75 Å². The van der Waals surface area contributed by atoms with Crippen LogP contribution in [0.15, 0.2) is 12.1 Å². The van der Waals surface area contributed by atoms with Crippen molar-refractivity contribution in [2.45, 2.75) is 38.2 Å². The van der Waals surface area contributed by atoms with Gasteiger partial charge in [-0.2, -0.15) is 0 Å². The van der Waals surface area contributed by atoms with Gasteiger partial charge in [0.15, 0.2) is 9.84 Å². The Bertz CT molecular complexity index is 510. The number of nitrogens with one attached hydrogen (secondary N) is 1. The zero-order valence-electron chi connectivity index (χ0n) is 11.4. The molecule has 1 saturated heterocycles. The van der Waals surface area contributed by atoms with E-state index < -0.39 is 9.84 Å². The van der Waals surface area contributed by atoms with E-state index >= 15 is 0 Å². The summed E-state index contributed by atoms with van der Waals surface area (Å²) in [6, 6.07) is 4.16. The highest BCUT2D eigenvalue weighted by molar-refractivity contribution is 7.92. The first kappa shape index (κ1) is 15.0. The quantitative estimate of drug-likeness (QED) is 0.813. The van der Waals surface area contributed by atoms with Gasteiger partial charge in [0.05, 0.1) is 17.1 Å². The van der Waals surface area contributed by atoms with E-state index in [9.17, 15) is 8.42 Å². The van der Waals surface area contributed by atoms with Crippen molar-refractivity contribution in [3.8, 4) is 0 Å². The standard InChI is InChI=1S/C13H21NO3S2/c1-10-3-4-12(18-10)9-14-6-8-19(15,16)13-5-7-17-11(13)2/h3-4,11,13-14H,5-9H2,1-2H3. The van der Waals surface area contributed by atoms with Crippen molar-refractivity contribution in [2.75, 3.05) is 18.9 Å². The van der Waals surface area contributed by atoms with Gasteiger partial charge in [0.25, 0.3) is 0 Å². The normalized spacial score (nSPS) is 23.9. The maximum absolute atomic E-state index is 12.1. The molecule has 2 heterocycles. The summed E-state index contributed by atoms with van der Waals surface area (Å²) in [4.78, 5) is 2.52. The number of hydrogen-bond acceptors (Lipinski definition) is 5. The van der Waals surface area contributed by atoms with Gasteiger partial charge in [-0.25, -0.2) is 8.42 Å². The average molecular weight is 303 g/mol. The minimum Gasteiger partial charge on any atom is -0.377 e. The van der Waals surface area contributed by atoms with Crippen molar-refractivity contribution in [2.24, 2.45) is 0 Å². The highest BCUT2D eigenvalue weighted by Crippen LogP contribution is 2.21. The minimum atomic E-state index is -3.04. The Morgan fingerprint density at radius 1 is 1.47 bits per heavy atom. The van der Waals surface area contributed by atoms with Crippen LogP contribution in [0.5, 0.6) is 0 Å². The van der Waals surface area contributed by atoms with Crippen molar-refractivity contribution < 1.29 is 13.2 Å². The molecule has 0 amide bonds. The smallest absolute Gasteiger partial charge is 0.157 e. The Hall–Kier alpha value is -0.430. The van der Waals surface area contributed by atoms with Gasteiger partial charge in [-0.15, -0.1) is 11.3 Å². The molecular formula is C13H21NO3S2. The van der Waals surface area contributed by atoms with Crippen LogP contribution >= 0.6 is 11.3 Å². The maximum Gasteiger partial charge on any atom is 0.157 e. The van der Waals surface area contributed by atoms with Crippen LogP contribution in [-0.4, -0.2) is 38.7 Å². The summed E-state index contributed by atoms with van der Waals surface area (Å²) in [7, 11) is -3.04. The third kappa shape index (κ3) is 4.02. The van der Waals surface area contributed by atoms with Crippen LogP contribution in [0, 0.1) is 6.92 Å². The van der Waals surface area contributed by atoms with Gasteiger partial charge in [0, 0.05) is 29.5 Å². The first-order valence-corrected chi connectivity index (χ1v) is 9.11. The average Bonchev–Trinajstić information content (AvgIpc) is 2.94. The molecule has 2 atom stereocenters. The van der Waals surface area contributed by atoms with Gasteiger partial charge in [0.1, 0.15) is 0 Å². The van der Waals surface area contributed by atoms with E-state index in [2.05, 4.69) is 24.4 Å². The molecule has 0 aromatic carbocycles. The van der Waals surface area contributed by atoms with Crippen LogP contribution in [0.1, 0.15) is 23.1 Å². The van der Waals surface area contributed by atoms with Crippen LogP contribution in [0.3, 0.4) is 0 Å². The molecule has 1 fully saturated rings. The lowest BCUT2D eigenvalue weighted by Crippen LogP contribution is -2.33. The number of rotatable bonds is 6. The van der Waals surface area contributed by atoms with E-state index in [0.29, 0.717) is 19.6 Å². The van der Waals surface area contributed by atoms with Gasteiger partial charge in [-0.1, -0.05) is 0 Å². The molecule has 0 spiro atoms. The van der Waals surface area contributed by atoms with Crippen LogP contribution in [-0.2, 0) is 21.1 Å². The molecule has 0 saturated carbocycles. The number of hydrogen-bond donors (Lipinski definition) is 1. The summed E-state index contributed by atoms with van der Waals surface area (Å²) >= 11 is 1.74. The molecule has 2 unspecified atom stereocenters. The summed E-state index contributed by atoms with van der Waals surface area (Å²) in [6.45, 7) is 5.72. The van der Waals surface area contributed by atoms with Crippen molar-refractivity contribution >= 4 is 21.2 Å². The molecule has 108 valence electrons. The number of aryl methyl sites for hydroxylation is 1. The lowest BCUT2D eigenvalue weighted by atomic mass is 10.3. The summed E-state index contributed by atoms with van der Waals surface area (Å²) in [6.07, 6.45) is 0.470. The molecule has 1 aliphatic heterocycles. The van der Waals surface area contributed by atoms with Gasteiger partial charge in [-0.3, -0.25) is 0 Å². The molecule has 6 heteroatoms. The van der Waals surface area contributed by atoms with Crippen molar-refractivity contribution in [1.82, 2.24) is 5.32 Å². The minimum absolute atomic E-state index is 0.162. The first-order chi connectivity index (χ1) is 8.99. The van der Waals surface area contributed by atoms with Gasteiger partial charge in [0.2, 0.25) is 0 Å². The summed E-state index contributed by atoms with van der Waals surface area (Å²) < 4.78 is 29.6. The Morgan fingerprint density at radius 3 is 2.84 bits per heavy atom. The third-order valence-electron chi connectivity index (χ3n) is 3.43. The fraction of sp³-hybridized carbons (Fsp3) is 0.692. The molecule has 1 aliphatic rings. The topological polar surface area (TPSA) is 55.4 Å². The molecule has 0 radical (unpaired) electrons. The maximum atomic E-state index is 12.1. The fourth-order valence-electron chi connectivity index (χ4n) is 2.34. The van der Waals surface area contributed by atoms with Crippen molar-refractivity contribution in [1.29, 1.82) is 0 Å². The summed E-state index contributed by atoms with van der Waals surface area (Å²) in [5, 5.41) is 2.88. The van der Waals surface area contributed by atoms with E-state index in [1.54, 1.807) is 11.3 Å². The predicted molar refractivity (Wildman–Crippen MR) is 78.4 cm³/mol. The second-order valence-corrected chi connectivity index (χ2v) is 8.67. The summed E-state index contributed by atoms with van der Waals surface area (Å²) in [5.74, 6) is 0.190. The molecule has 0 bridgehead atoms. The van der Waals surface area contributed by atoms with E-state index in [-0.39, 0.29) is 17.1 Å². The second kappa shape index (κ2) is 6.35. The highest BCUT2D eigenvalue weighted by Gasteiger charge is 2.35. The SMILES string of the molecule is Cc1ccc(CNCCS(=O)(=O)C2CCOC2C)s1. The van der Waals surface area contributed by atoms with Crippen LogP contribution in [0.25, 0.3) is 0 Å². The van der Waals surface area contributed by atoms with Gasteiger partial charge in [-0.05, 0) is 32.4 Å². The predicted octanol–water partition coefficient (Wildman–Crippen LogP) is 1.74. The molecule has 1 aromatic rings. The van der Waals surface area contributed by atoms with Crippen LogP contribution in [0.4, 0.5) is 0 Å². The molecular weight excluding hydrogens is 282 g/mol. The Kier molecular flexibility index (Phi) is 5.00. The van der Waals surface area contributed by atoms with Crippen molar-refractivity contribution in [3.05, 3.63) is 21.9 Å². The Morgan fingerprint density at radius 2 is 2.26 bits per heavy atom. The zero-order chi connectivity index (χ0) is 13.9. The zero-order valence-corrected chi connectivity index (χ0v) is 13.0. The van der Waals surface area contributed by atoms with Crippen LogP contribution < -0.4 is 5.32 Å². The highest BCUT2D eigenvalue weighted by atomic mass is 32.2. The number of thiophene rings is 1. The van der Waals surface area contributed by atoms with Crippen LogP contribution in [0.2, 0.25) is 0 Å². The molecule has 2 rings (SSSR count). The number of sulfone groups is 1. The first-order valence-electron chi connectivity index (χ1n) is 6.58. The fourth-order valence-corrected chi connectivity index (χ4v) is 5.05. The third-order valence-corrected chi connectivity index (χ3v) is 6.74. The van der Waals surface area contributed by atoms with Crippen molar-refractivity contribution in [3.63, 3.8) is 0 Å². The largest absolute Gasteiger partial charge is 0.377 e. The monoisotopic (exact) mass is 303 g/mol. The van der Waals surface area contributed by atoms with Gasteiger partial charge >= 0.3 is 0 Å². The van der Waals surface area contributed by atoms with E-state index in [0.717, 1.165) is 6.54 Å². The van der Waals surface area contributed by atoms with E-state index in [1.807, 2.05) is 6.92 Å². The van der Waals surface area contributed by atoms with E-state index in [4.69, 9.17) is 4.74 Å². The van der Waals surface area contributed by atoms with Gasteiger partial charge < -0.3 is 10.1 Å². The molecule has 19 heavy (non-hydrogen) atoms. The summed E-state index contributed by atoms with van der Waals surface area (Å²) in [5.41, 5.74) is 0. The second-order valence-electron chi connectivity index (χ2n) is 4.96. The molecule has 1 aromatic heterocycles. The number of ether oxygens (including phenoxy) is 1. The lowest BCUT2D eigenvalue weighted by Gasteiger charge is -2.15. The molecule has 4 nitrogen and oxygen atoms in total. The Labute approximate surface area is 119 Å².